The van der Waals surface area contributed by atoms with E-state index < -0.39 is 0 Å². The molecule has 2 nitrogen and oxygen atoms in total. The average Bonchev–Trinajstić information content (AvgIpc) is 2.64. The fourth-order valence-corrected chi connectivity index (χ4v) is 1.77. The van der Waals surface area contributed by atoms with Crippen molar-refractivity contribution in [3.8, 4) is 0 Å². The first-order chi connectivity index (χ1) is 7.47. The molecule has 0 spiro atoms. The third-order valence-electron chi connectivity index (χ3n) is 2.84. The maximum Gasteiger partial charge on any atom is 2.00 e. The van der Waals surface area contributed by atoms with Crippen LogP contribution >= 0.6 is 0 Å². The summed E-state index contributed by atoms with van der Waals surface area (Å²) in [5, 5.41) is 0. The van der Waals surface area contributed by atoms with Gasteiger partial charge >= 0.3 is 19.5 Å². The zero-order valence-electron chi connectivity index (χ0n) is 11.8. The molecule has 2 rings (SSSR count). The second kappa shape index (κ2) is 6.38. The van der Waals surface area contributed by atoms with Crippen molar-refractivity contribution in [3.63, 3.8) is 0 Å². The van der Waals surface area contributed by atoms with Crippen LogP contribution in [0.4, 0.5) is 5.69 Å². The molecule has 0 saturated heterocycles. The van der Waals surface area contributed by atoms with E-state index in [1.165, 1.54) is 5.56 Å². The van der Waals surface area contributed by atoms with Crippen molar-refractivity contribution >= 4 is 5.69 Å². The molecule has 101 valence electrons. The fourth-order valence-electron chi connectivity index (χ4n) is 1.77. The van der Waals surface area contributed by atoms with E-state index in [0.717, 1.165) is 12.4 Å². The van der Waals surface area contributed by atoms with Crippen molar-refractivity contribution in [3.05, 3.63) is 49.7 Å². The van der Waals surface area contributed by atoms with Gasteiger partial charge in [0.1, 0.15) is 0 Å². The van der Waals surface area contributed by atoms with Crippen molar-refractivity contribution in [2.45, 2.75) is 26.2 Å². The van der Waals surface area contributed by atoms with Crippen molar-refractivity contribution < 1.29 is 19.5 Å². The first kappa shape index (κ1) is 17.2. The zero-order chi connectivity index (χ0) is 11.8. The van der Waals surface area contributed by atoms with Gasteiger partial charge in [0.25, 0.3) is 0 Å². The summed E-state index contributed by atoms with van der Waals surface area (Å²) in [5.41, 5.74) is 2.69. The Kier molecular flexibility index (Phi) is 6.09. The molecule has 1 radical (unpaired) electrons. The Morgan fingerprint density at radius 3 is 2.39 bits per heavy atom. The van der Waals surface area contributed by atoms with E-state index in [1.54, 1.807) is 0 Å². The van der Waals surface area contributed by atoms with Gasteiger partial charge in [-0.3, -0.25) is 0 Å². The summed E-state index contributed by atoms with van der Waals surface area (Å²) in [6.07, 6.45) is 4.18. The molecule has 0 bridgehead atoms. The molecule has 0 aliphatic carbocycles. The smallest absolute Gasteiger partial charge is 0.361 e. The standard InChI is InChI=1S/C14H19N2.CH3.Rh/c1-14(2,3)12-6-5-7-13(10-12)16-9-8-15(4)11-16;;/h5-6,8-10H,11H2,1-4H3;1H3;/q2*-1;+2. The summed E-state index contributed by atoms with van der Waals surface area (Å²) in [7, 11) is 2.07. The Labute approximate surface area is 124 Å². The minimum atomic E-state index is 0. The molecular formula is C15H22N2Rh. The summed E-state index contributed by atoms with van der Waals surface area (Å²) in [4.78, 5) is 4.35. The number of anilines is 1. The van der Waals surface area contributed by atoms with Gasteiger partial charge in [0, 0.05) is 19.4 Å². The minimum absolute atomic E-state index is 0. The predicted molar refractivity (Wildman–Crippen MR) is 74.6 cm³/mol. The first-order valence-corrected chi connectivity index (χ1v) is 5.64. The van der Waals surface area contributed by atoms with Gasteiger partial charge in [-0.05, 0) is 5.41 Å². The van der Waals surface area contributed by atoms with Crippen LogP contribution in [0, 0.1) is 13.5 Å². The summed E-state index contributed by atoms with van der Waals surface area (Å²) in [5.74, 6) is 0. The number of rotatable bonds is 1. The van der Waals surface area contributed by atoms with Crippen LogP contribution in [0.2, 0.25) is 0 Å². The van der Waals surface area contributed by atoms with Crippen molar-refractivity contribution in [1.82, 2.24) is 4.90 Å². The van der Waals surface area contributed by atoms with Gasteiger partial charge in [0.15, 0.2) is 0 Å². The van der Waals surface area contributed by atoms with Crippen molar-refractivity contribution in [1.29, 1.82) is 0 Å². The topological polar surface area (TPSA) is 6.48 Å². The van der Waals surface area contributed by atoms with Gasteiger partial charge in [0.2, 0.25) is 0 Å². The van der Waals surface area contributed by atoms with Crippen LogP contribution in [0.3, 0.4) is 0 Å². The molecule has 0 amide bonds. The predicted octanol–water partition coefficient (Wildman–Crippen LogP) is 3.41. The van der Waals surface area contributed by atoms with Gasteiger partial charge < -0.3 is 17.2 Å². The van der Waals surface area contributed by atoms with Gasteiger partial charge in [-0.1, -0.05) is 26.5 Å². The van der Waals surface area contributed by atoms with E-state index in [0.29, 0.717) is 0 Å². The molecule has 3 heteroatoms. The molecule has 0 unspecified atom stereocenters. The summed E-state index contributed by atoms with van der Waals surface area (Å²) in [6.45, 7) is 7.61. The maximum atomic E-state index is 3.29. The number of nitrogens with zero attached hydrogens (tertiary/aromatic N) is 2. The number of benzene rings is 1. The maximum absolute atomic E-state index is 3.29. The van der Waals surface area contributed by atoms with E-state index in [9.17, 15) is 0 Å². The molecule has 1 aliphatic heterocycles. The van der Waals surface area contributed by atoms with Crippen LogP contribution in [0.15, 0.2) is 30.6 Å². The second-order valence-corrected chi connectivity index (χ2v) is 5.38. The molecule has 1 aromatic carbocycles. The summed E-state index contributed by atoms with van der Waals surface area (Å²) in [6, 6.07) is 9.68. The molecule has 0 fully saturated rings. The van der Waals surface area contributed by atoms with Gasteiger partial charge in [0.05, 0.1) is 6.67 Å². The van der Waals surface area contributed by atoms with Crippen LogP contribution in [-0.4, -0.2) is 18.6 Å². The minimum Gasteiger partial charge on any atom is -0.361 e. The van der Waals surface area contributed by atoms with Gasteiger partial charge in [-0.25, -0.2) is 0 Å². The van der Waals surface area contributed by atoms with E-state index in [4.69, 9.17) is 0 Å². The van der Waals surface area contributed by atoms with E-state index in [1.807, 2.05) is 6.07 Å². The summed E-state index contributed by atoms with van der Waals surface area (Å²) < 4.78 is 0. The van der Waals surface area contributed by atoms with Crippen molar-refractivity contribution in [2.24, 2.45) is 0 Å². The number of hydrogen-bond acceptors (Lipinski definition) is 2. The molecule has 0 atom stereocenters. The van der Waals surface area contributed by atoms with Crippen LogP contribution in [0.1, 0.15) is 26.3 Å². The average molecular weight is 333 g/mol. The van der Waals surface area contributed by atoms with Gasteiger partial charge in [-0.15, -0.1) is 6.07 Å². The Morgan fingerprint density at radius 1 is 1.22 bits per heavy atom. The third-order valence-corrected chi connectivity index (χ3v) is 2.84. The SMILES string of the molecule is CN1C=CN(c2[c-]ccc(C(C)(C)C)c2)C1.[CH3-].[Rh+2]. The van der Waals surface area contributed by atoms with E-state index in [-0.39, 0.29) is 32.3 Å². The Bertz CT molecular complexity index is 407. The molecule has 0 saturated carbocycles. The number of hydrogen-bond donors (Lipinski definition) is 0. The Balaban J connectivity index is 0.00000144. The van der Waals surface area contributed by atoms with Crippen molar-refractivity contribution in [2.75, 3.05) is 18.6 Å². The van der Waals surface area contributed by atoms with Crippen LogP contribution in [0.5, 0.6) is 0 Å². The Morgan fingerprint density at radius 2 is 1.89 bits per heavy atom. The second-order valence-electron chi connectivity index (χ2n) is 5.38. The van der Waals surface area contributed by atoms with Crippen LogP contribution in [-0.2, 0) is 24.9 Å². The molecule has 1 heterocycles. The van der Waals surface area contributed by atoms with Crippen LogP contribution < -0.4 is 4.90 Å². The largest absolute Gasteiger partial charge is 2.00 e. The zero-order valence-corrected chi connectivity index (χ0v) is 13.5. The van der Waals surface area contributed by atoms with E-state index >= 15 is 0 Å². The third kappa shape index (κ3) is 3.85. The normalized spacial score (nSPS) is 14.2. The molecule has 1 aromatic rings. The molecule has 1 aliphatic rings. The first-order valence-electron chi connectivity index (χ1n) is 5.64. The van der Waals surface area contributed by atoms with E-state index in [2.05, 4.69) is 68.2 Å². The monoisotopic (exact) mass is 333 g/mol. The quantitative estimate of drug-likeness (QED) is 0.574. The Hall–Kier alpha value is -0.817. The molecule has 18 heavy (non-hydrogen) atoms. The molecule has 0 N–H and O–H groups in total. The fraction of sp³-hybridized carbons (Fsp3) is 0.400. The van der Waals surface area contributed by atoms with Gasteiger partial charge in [-0.2, -0.15) is 23.8 Å². The van der Waals surface area contributed by atoms with Crippen LogP contribution in [0.25, 0.3) is 0 Å². The molecule has 0 aromatic heterocycles. The summed E-state index contributed by atoms with van der Waals surface area (Å²) >= 11 is 0. The molecular weight excluding hydrogens is 311 g/mol.